The van der Waals surface area contributed by atoms with Gasteiger partial charge in [-0.25, -0.2) is 0 Å². The van der Waals surface area contributed by atoms with Gasteiger partial charge in [-0.15, -0.1) is 0 Å². The molecule has 3 unspecified atom stereocenters. The molecule has 1 aromatic carbocycles. The number of nitrogens with one attached hydrogen (secondary N) is 2. The van der Waals surface area contributed by atoms with Crippen LogP contribution in [0.3, 0.4) is 0 Å². The van der Waals surface area contributed by atoms with E-state index >= 15 is 0 Å². The molecule has 208 valence electrons. The molecule has 6 nitrogen and oxygen atoms in total. The van der Waals surface area contributed by atoms with E-state index in [0.29, 0.717) is 12.0 Å². The maximum absolute atomic E-state index is 13.6. The van der Waals surface area contributed by atoms with Crippen molar-refractivity contribution in [3.05, 3.63) is 46.5 Å². The zero-order valence-corrected chi connectivity index (χ0v) is 24.5. The van der Waals surface area contributed by atoms with Crippen LogP contribution in [0.5, 0.6) is 5.75 Å². The fourth-order valence-corrected chi connectivity index (χ4v) is 8.34. The quantitative estimate of drug-likeness (QED) is 0.219. The Morgan fingerprint density at radius 1 is 1.13 bits per heavy atom. The predicted octanol–water partition coefficient (Wildman–Crippen LogP) is 5.70. The van der Waals surface area contributed by atoms with Gasteiger partial charge in [-0.2, -0.15) is 0 Å². The molecule has 1 amide bonds. The number of nitrogens with zero attached hydrogens (tertiary/aromatic N) is 2. The molecule has 2 saturated carbocycles. The summed E-state index contributed by atoms with van der Waals surface area (Å²) in [5.41, 5.74) is 4.44. The van der Waals surface area contributed by atoms with Crippen molar-refractivity contribution in [2.24, 2.45) is 11.8 Å². The number of unbranched alkanes of at least 4 members (excludes halogenated alkanes) is 2. The van der Waals surface area contributed by atoms with Crippen molar-refractivity contribution in [2.45, 2.75) is 57.4 Å². The standard InChI is InChI=1S/C31H40N4O2S2/c1-37-25-8-5-7-22(18-25)26-19-23(6-3-2-4-13-34-14-11-32-12-15-34)27(33-26)20-29-30(36)35(31(38)39-29)28-17-21-9-10-24(28)16-21/h5,7-8,18-21,24,28,32-33H,2-4,6,9-17H2,1H3/b29-20+. The second-order valence-corrected chi connectivity index (χ2v) is 13.2. The number of thioether (sulfide) groups is 1. The molecule has 2 aromatic rings. The van der Waals surface area contributed by atoms with Crippen molar-refractivity contribution >= 4 is 40.3 Å². The Kier molecular flexibility index (Phi) is 8.44. The molecule has 8 heteroatoms. The van der Waals surface area contributed by atoms with Crippen LogP contribution in [0.15, 0.2) is 35.2 Å². The molecule has 0 radical (unpaired) electrons. The number of aromatic nitrogens is 1. The minimum Gasteiger partial charge on any atom is -0.497 e. The SMILES string of the molecule is COc1cccc(-c2cc(CCCCCN3CCNCC3)c(/C=C3/SC(=S)N(C4CC5CCC4C5)C3=O)[nH]2)c1. The Labute approximate surface area is 241 Å². The monoisotopic (exact) mass is 564 g/mol. The summed E-state index contributed by atoms with van der Waals surface area (Å²) >= 11 is 7.23. The van der Waals surface area contributed by atoms with Crippen LogP contribution in [0.25, 0.3) is 17.3 Å². The third-order valence-corrected chi connectivity index (χ3v) is 10.4. The summed E-state index contributed by atoms with van der Waals surface area (Å²) in [5, 5.41) is 3.43. The van der Waals surface area contributed by atoms with Crippen LogP contribution in [-0.4, -0.2) is 70.9 Å². The molecule has 6 rings (SSSR count). The van der Waals surface area contributed by atoms with Gasteiger partial charge in [0.1, 0.15) is 10.1 Å². The second-order valence-electron chi connectivity index (χ2n) is 11.6. The van der Waals surface area contributed by atoms with Crippen molar-refractivity contribution < 1.29 is 9.53 Å². The molecule has 3 heterocycles. The zero-order chi connectivity index (χ0) is 26.8. The predicted molar refractivity (Wildman–Crippen MR) is 164 cm³/mol. The lowest BCUT2D eigenvalue weighted by Gasteiger charge is -2.30. The van der Waals surface area contributed by atoms with Gasteiger partial charge < -0.3 is 19.9 Å². The highest BCUT2D eigenvalue weighted by Crippen LogP contribution is 2.49. The number of hydrogen-bond acceptors (Lipinski definition) is 6. The van der Waals surface area contributed by atoms with E-state index in [0.717, 1.165) is 83.3 Å². The Morgan fingerprint density at radius 2 is 2.00 bits per heavy atom. The van der Waals surface area contributed by atoms with E-state index in [1.54, 1.807) is 7.11 Å². The third-order valence-electron chi connectivity index (χ3n) is 9.08. The maximum atomic E-state index is 13.6. The number of hydrogen-bond donors (Lipinski definition) is 2. The largest absolute Gasteiger partial charge is 0.497 e. The molecular formula is C31H40N4O2S2. The van der Waals surface area contributed by atoms with E-state index in [1.165, 1.54) is 56.0 Å². The molecule has 2 N–H and O–H groups in total. The van der Waals surface area contributed by atoms with E-state index in [1.807, 2.05) is 17.0 Å². The van der Waals surface area contributed by atoms with Gasteiger partial charge in [0.05, 0.1) is 12.0 Å². The van der Waals surface area contributed by atoms with Crippen LogP contribution in [0.2, 0.25) is 0 Å². The molecule has 4 aliphatic rings. The summed E-state index contributed by atoms with van der Waals surface area (Å²) in [6.45, 7) is 5.71. The second kappa shape index (κ2) is 12.2. The number of ether oxygens (including phenoxy) is 1. The van der Waals surface area contributed by atoms with Gasteiger partial charge in [-0.1, -0.05) is 49.0 Å². The van der Waals surface area contributed by atoms with Crippen LogP contribution in [0, 0.1) is 11.8 Å². The van der Waals surface area contributed by atoms with Crippen LogP contribution in [0.4, 0.5) is 0 Å². The lowest BCUT2D eigenvalue weighted by Crippen LogP contribution is -2.43. The van der Waals surface area contributed by atoms with E-state index in [4.69, 9.17) is 17.0 Å². The van der Waals surface area contributed by atoms with Gasteiger partial charge in [0.25, 0.3) is 5.91 Å². The molecule has 1 aromatic heterocycles. The normalized spacial score (nSPS) is 26.3. The number of benzene rings is 1. The Morgan fingerprint density at radius 3 is 2.77 bits per heavy atom. The van der Waals surface area contributed by atoms with Crippen LogP contribution in [-0.2, 0) is 11.2 Å². The van der Waals surface area contributed by atoms with Gasteiger partial charge in [0.2, 0.25) is 0 Å². The number of fused-ring (bicyclic) bond motifs is 2. The number of rotatable bonds is 10. The lowest BCUT2D eigenvalue weighted by atomic mass is 9.94. The highest BCUT2D eigenvalue weighted by Gasteiger charge is 2.48. The molecule has 3 atom stereocenters. The van der Waals surface area contributed by atoms with Gasteiger partial charge in [0.15, 0.2) is 0 Å². The minimum absolute atomic E-state index is 0.0991. The van der Waals surface area contributed by atoms with Gasteiger partial charge in [0, 0.05) is 49.2 Å². The van der Waals surface area contributed by atoms with Crippen molar-refractivity contribution in [3.63, 3.8) is 0 Å². The van der Waals surface area contributed by atoms with Crippen LogP contribution >= 0.6 is 24.0 Å². The van der Waals surface area contributed by atoms with Gasteiger partial charge in [-0.05, 0) is 86.7 Å². The minimum atomic E-state index is 0.0991. The first-order chi connectivity index (χ1) is 19.1. The molecule has 2 saturated heterocycles. The molecule has 4 fully saturated rings. The maximum Gasteiger partial charge on any atom is 0.266 e. The molecule has 2 bridgehead atoms. The number of carbonyl (C=O) groups excluding carboxylic acids is 1. The highest BCUT2D eigenvalue weighted by atomic mass is 32.2. The van der Waals surface area contributed by atoms with Gasteiger partial charge >= 0.3 is 0 Å². The third kappa shape index (κ3) is 5.99. The van der Waals surface area contributed by atoms with Crippen molar-refractivity contribution in [1.82, 2.24) is 20.1 Å². The van der Waals surface area contributed by atoms with E-state index in [2.05, 4.69) is 39.5 Å². The van der Waals surface area contributed by atoms with Crippen LogP contribution in [0.1, 0.15) is 56.2 Å². The van der Waals surface area contributed by atoms with Crippen LogP contribution < -0.4 is 10.1 Å². The lowest BCUT2D eigenvalue weighted by molar-refractivity contribution is -0.124. The summed E-state index contributed by atoms with van der Waals surface area (Å²) in [5.74, 6) is 2.34. The average Bonchev–Trinajstić information content (AvgIpc) is 3.74. The zero-order valence-electron chi connectivity index (χ0n) is 22.9. The topological polar surface area (TPSA) is 60.6 Å². The number of aryl methyl sites for hydroxylation is 1. The number of piperazine rings is 1. The summed E-state index contributed by atoms with van der Waals surface area (Å²) in [4.78, 5) is 22.5. The first kappa shape index (κ1) is 27.1. The molecule has 39 heavy (non-hydrogen) atoms. The molecular weight excluding hydrogens is 525 g/mol. The Hall–Kier alpha value is -2.13. The first-order valence-electron chi connectivity index (χ1n) is 14.7. The number of methoxy groups -OCH3 is 1. The number of H-pyrrole nitrogens is 1. The fourth-order valence-electron chi connectivity index (χ4n) is 6.98. The number of amides is 1. The van der Waals surface area contributed by atoms with E-state index in [9.17, 15) is 4.79 Å². The number of thiocarbonyl (C=S) groups is 1. The highest BCUT2D eigenvalue weighted by molar-refractivity contribution is 8.26. The Balaban J connectivity index is 1.18. The molecule has 0 spiro atoms. The van der Waals surface area contributed by atoms with E-state index < -0.39 is 0 Å². The van der Waals surface area contributed by atoms with Crippen molar-refractivity contribution in [2.75, 3.05) is 39.8 Å². The molecule has 2 aliphatic carbocycles. The number of aromatic amines is 1. The fraction of sp³-hybridized carbons (Fsp3) is 0.548. The van der Waals surface area contributed by atoms with Crippen molar-refractivity contribution in [1.29, 1.82) is 0 Å². The van der Waals surface area contributed by atoms with Crippen molar-refractivity contribution in [3.8, 4) is 17.0 Å². The molecule has 2 aliphatic heterocycles. The van der Waals surface area contributed by atoms with Gasteiger partial charge in [-0.3, -0.25) is 9.69 Å². The summed E-state index contributed by atoms with van der Waals surface area (Å²) in [6.07, 6.45) is 11.6. The summed E-state index contributed by atoms with van der Waals surface area (Å²) in [7, 11) is 1.70. The smallest absolute Gasteiger partial charge is 0.266 e. The Bertz CT molecular complexity index is 1230. The van der Waals surface area contributed by atoms with E-state index in [-0.39, 0.29) is 5.91 Å². The average molecular weight is 565 g/mol. The first-order valence-corrected chi connectivity index (χ1v) is 15.9. The summed E-state index contributed by atoms with van der Waals surface area (Å²) in [6, 6.07) is 10.7. The number of carbonyl (C=O) groups is 1. The summed E-state index contributed by atoms with van der Waals surface area (Å²) < 4.78 is 6.20.